The summed E-state index contributed by atoms with van der Waals surface area (Å²) in [6, 6.07) is 0. The molecule has 4 aliphatic rings. The molecular weight excluding hydrogens is 424 g/mol. The third-order valence-electron chi connectivity index (χ3n) is 10.3. The predicted molar refractivity (Wildman–Crippen MR) is 134 cm³/mol. The van der Waals surface area contributed by atoms with Gasteiger partial charge in [-0.15, -0.1) is 0 Å². The minimum atomic E-state index is -0.240. The maximum absolute atomic E-state index is 13.7. The molecule has 4 nitrogen and oxygen atoms in total. The van der Waals surface area contributed by atoms with E-state index in [4.69, 9.17) is 4.74 Å². The molecule has 0 saturated heterocycles. The molecule has 0 aromatic heterocycles. The number of rotatable bonds is 9. The quantitative estimate of drug-likeness (QED) is 0.207. The highest BCUT2D eigenvalue weighted by atomic mass is 16.5. The Morgan fingerprint density at radius 1 is 0.971 bits per heavy atom. The van der Waals surface area contributed by atoms with Crippen LogP contribution in [-0.2, 0) is 19.1 Å². The van der Waals surface area contributed by atoms with Crippen molar-refractivity contribution in [1.29, 1.82) is 0 Å². The fourth-order valence-electron chi connectivity index (χ4n) is 8.31. The fraction of sp³-hybridized carbons (Fsp3) is 0.833. The van der Waals surface area contributed by atoms with Crippen LogP contribution in [0.3, 0.4) is 0 Å². The molecule has 0 bridgehead atoms. The predicted octanol–water partition coefficient (Wildman–Crippen LogP) is 7.00. The van der Waals surface area contributed by atoms with Crippen molar-refractivity contribution in [2.45, 2.75) is 124 Å². The number of ether oxygens (including phenoxy) is 1. The van der Waals surface area contributed by atoms with Gasteiger partial charge >= 0.3 is 5.97 Å². The van der Waals surface area contributed by atoms with Gasteiger partial charge in [0.05, 0.1) is 0 Å². The van der Waals surface area contributed by atoms with Crippen LogP contribution >= 0.6 is 0 Å². The van der Waals surface area contributed by atoms with Crippen molar-refractivity contribution in [3.8, 4) is 0 Å². The van der Waals surface area contributed by atoms with Crippen molar-refractivity contribution in [2.75, 3.05) is 0 Å². The van der Waals surface area contributed by atoms with Crippen molar-refractivity contribution in [3.05, 3.63) is 11.6 Å². The highest BCUT2D eigenvalue weighted by Gasteiger charge is 2.61. The van der Waals surface area contributed by atoms with Crippen molar-refractivity contribution >= 4 is 17.5 Å². The van der Waals surface area contributed by atoms with Crippen LogP contribution in [0, 0.1) is 34.5 Å². The van der Waals surface area contributed by atoms with Gasteiger partial charge in [0.2, 0.25) is 0 Å². The molecule has 3 fully saturated rings. The molecular formula is C30H46O4. The number of Topliss-reactive ketones (excluding diaryl/α,β-unsaturated/α-hetero) is 2. The Bertz CT molecular complexity index is 828. The van der Waals surface area contributed by atoms with Crippen molar-refractivity contribution in [3.63, 3.8) is 0 Å². The second-order valence-corrected chi connectivity index (χ2v) is 12.3. The SMILES string of the molecule is CCCCCCCCC(=O)C1C=C2C[C@@H](OC(C)=O)CC[C@]2(C)[C@H]2CC[C@]3(C)C(=O)CC[C@H]3[C@H]12. The maximum atomic E-state index is 13.7. The summed E-state index contributed by atoms with van der Waals surface area (Å²) in [7, 11) is 0. The lowest BCUT2D eigenvalue weighted by Gasteiger charge is -2.58. The molecule has 0 spiro atoms. The summed E-state index contributed by atoms with van der Waals surface area (Å²) in [5.74, 6) is 1.60. The highest BCUT2D eigenvalue weighted by Crippen LogP contribution is 2.65. The molecule has 0 radical (unpaired) electrons. The Hall–Kier alpha value is -1.45. The topological polar surface area (TPSA) is 60.4 Å². The van der Waals surface area contributed by atoms with Gasteiger partial charge < -0.3 is 4.74 Å². The molecule has 0 N–H and O–H groups in total. The Morgan fingerprint density at radius 2 is 1.65 bits per heavy atom. The summed E-state index contributed by atoms with van der Waals surface area (Å²) >= 11 is 0. The molecule has 0 aliphatic heterocycles. The van der Waals surface area contributed by atoms with Gasteiger partial charge in [0.25, 0.3) is 0 Å². The number of fused-ring (bicyclic) bond motifs is 5. The Balaban J connectivity index is 1.58. The first-order valence-electron chi connectivity index (χ1n) is 14.1. The normalized spacial score (nSPS) is 39.0. The van der Waals surface area contributed by atoms with Crippen LogP contribution in [0.2, 0.25) is 0 Å². The van der Waals surface area contributed by atoms with Gasteiger partial charge in [-0.2, -0.15) is 0 Å². The van der Waals surface area contributed by atoms with Crippen LogP contribution in [0.15, 0.2) is 11.6 Å². The van der Waals surface area contributed by atoms with Gasteiger partial charge in [0.1, 0.15) is 17.7 Å². The summed E-state index contributed by atoms with van der Waals surface area (Å²) in [5, 5.41) is 0. The second kappa shape index (κ2) is 10.3. The van der Waals surface area contributed by atoms with Gasteiger partial charge in [-0.3, -0.25) is 14.4 Å². The van der Waals surface area contributed by atoms with Crippen LogP contribution in [0.1, 0.15) is 118 Å². The zero-order valence-electron chi connectivity index (χ0n) is 22.0. The fourth-order valence-corrected chi connectivity index (χ4v) is 8.31. The minimum Gasteiger partial charge on any atom is -0.462 e. The summed E-state index contributed by atoms with van der Waals surface area (Å²) in [5.41, 5.74) is 1.17. The number of hydrogen-bond donors (Lipinski definition) is 0. The first-order chi connectivity index (χ1) is 16.2. The van der Waals surface area contributed by atoms with E-state index in [9.17, 15) is 14.4 Å². The van der Waals surface area contributed by atoms with E-state index in [1.54, 1.807) is 0 Å². The summed E-state index contributed by atoms with van der Waals surface area (Å²) in [4.78, 5) is 38.3. The third kappa shape index (κ3) is 4.67. The molecule has 0 amide bonds. The largest absolute Gasteiger partial charge is 0.462 e. The van der Waals surface area contributed by atoms with E-state index in [1.807, 2.05) is 0 Å². The lowest BCUT2D eigenvalue weighted by Crippen LogP contribution is -2.54. The molecule has 0 heterocycles. The first kappa shape index (κ1) is 25.6. The van der Waals surface area contributed by atoms with Crippen LogP contribution in [0.25, 0.3) is 0 Å². The lowest BCUT2D eigenvalue weighted by atomic mass is 9.45. The molecule has 0 aromatic rings. The number of carbonyl (C=O) groups excluding carboxylic acids is 3. The van der Waals surface area contributed by atoms with Crippen molar-refractivity contribution in [1.82, 2.24) is 0 Å². The van der Waals surface area contributed by atoms with Crippen LogP contribution in [0.5, 0.6) is 0 Å². The van der Waals surface area contributed by atoms with Crippen LogP contribution in [0.4, 0.5) is 0 Å². The number of ketones is 2. The Labute approximate surface area is 206 Å². The smallest absolute Gasteiger partial charge is 0.302 e. The van der Waals surface area contributed by atoms with Gasteiger partial charge in [-0.05, 0) is 61.7 Å². The standard InChI is InChI=1S/C30H46O4/c1-5-6-7-8-9-10-11-26(32)23-19-21-18-22(34-20(2)31)14-16-29(21,3)25-15-17-30(4)24(28(23)25)12-13-27(30)33/h19,22-25,28H,5-18H2,1-4H3/t22-,23?,24-,25-,28-,29-,30-/m0/s1. The van der Waals surface area contributed by atoms with E-state index >= 15 is 0 Å². The molecule has 190 valence electrons. The zero-order chi connectivity index (χ0) is 24.5. The average Bonchev–Trinajstić information content (AvgIpc) is 3.10. The number of carbonyl (C=O) groups is 3. The Morgan fingerprint density at radius 3 is 2.38 bits per heavy atom. The van der Waals surface area contributed by atoms with Crippen molar-refractivity contribution in [2.24, 2.45) is 34.5 Å². The second-order valence-electron chi connectivity index (χ2n) is 12.3. The number of unbranched alkanes of at least 4 members (excludes halogenated alkanes) is 5. The van der Waals surface area contributed by atoms with Crippen LogP contribution in [-0.4, -0.2) is 23.6 Å². The molecule has 1 unspecified atom stereocenters. The highest BCUT2D eigenvalue weighted by molar-refractivity contribution is 5.88. The molecule has 3 saturated carbocycles. The monoisotopic (exact) mass is 470 g/mol. The maximum Gasteiger partial charge on any atom is 0.302 e. The van der Waals surface area contributed by atoms with E-state index < -0.39 is 0 Å². The minimum absolute atomic E-state index is 0.0607. The van der Waals surface area contributed by atoms with E-state index in [1.165, 1.54) is 38.2 Å². The summed E-state index contributed by atoms with van der Waals surface area (Å²) in [6.45, 7) is 8.31. The molecule has 7 atom stereocenters. The van der Waals surface area contributed by atoms with E-state index in [2.05, 4.69) is 26.8 Å². The van der Waals surface area contributed by atoms with Gasteiger partial charge in [0, 0.05) is 37.5 Å². The summed E-state index contributed by atoms with van der Waals surface area (Å²) < 4.78 is 5.62. The summed E-state index contributed by atoms with van der Waals surface area (Å²) in [6.07, 6.45) is 16.3. The third-order valence-corrected chi connectivity index (χ3v) is 10.3. The number of esters is 1. The van der Waals surface area contributed by atoms with Gasteiger partial charge in [0.15, 0.2) is 0 Å². The number of allylic oxidation sites excluding steroid dienone is 1. The van der Waals surface area contributed by atoms with Crippen LogP contribution < -0.4 is 0 Å². The van der Waals surface area contributed by atoms with E-state index in [0.717, 1.165) is 51.4 Å². The Kier molecular flexibility index (Phi) is 7.74. The molecule has 34 heavy (non-hydrogen) atoms. The average molecular weight is 471 g/mol. The van der Waals surface area contributed by atoms with Gasteiger partial charge in [-0.25, -0.2) is 0 Å². The number of hydrogen-bond acceptors (Lipinski definition) is 4. The van der Waals surface area contributed by atoms with Crippen molar-refractivity contribution < 1.29 is 19.1 Å². The van der Waals surface area contributed by atoms with E-state index in [0.29, 0.717) is 36.2 Å². The zero-order valence-corrected chi connectivity index (χ0v) is 22.0. The molecule has 0 aromatic carbocycles. The molecule has 4 heteroatoms. The van der Waals surface area contributed by atoms with E-state index in [-0.39, 0.29) is 34.7 Å². The molecule has 4 aliphatic carbocycles. The molecule has 4 rings (SSSR count). The first-order valence-corrected chi connectivity index (χ1v) is 14.1. The van der Waals surface area contributed by atoms with Gasteiger partial charge in [-0.1, -0.05) is 64.5 Å². The lowest BCUT2D eigenvalue weighted by molar-refractivity contribution is -0.150.